The molecule has 0 bridgehead atoms. The van der Waals surface area contributed by atoms with Gasteiger partial charge in [0.25, 0.3) is 0 Å². The first-order valence-electron chi connectivity index (χ1n) is 11.7. The summed E-state index contributed by atoms with van der Waals surface area (Å²) in [4.78, 5) is 29.9. The number of amides is 2. The minimum atomic E-state index is -3.50. The van der Waals surface area contributed by atoms with Crippen molar-refractivity contribution in [1.29, 1.82) is 0 Å². The lowest BCUT2D eigenvalue weighted by molar-refractivity contribution is -0.124. The van der Waals surface area contributed by atoms with Crippen LogP contribution in [-0.4, -0.2) is 50.7 Å². The number of nitrogens with zero attached hydrogens (tertiary/aromatic N) is 3. The molecule has 0 unspecified atom stereocenters. The molecule has 0 saturated carbocycles. The van der Waals surface area contributed by atoms with Crippen molar-refractivity contribution in [3.8, 4) is 0 Å². The van der Waals surface area contributed by atoms with Gasteiger partial charge in [-0.3, -0.25) is 9.59 Å². The van der Waals surface area contributed by atoms with Crippen LogP contribution in [0, 0.1) is 12.8 Å². The van der Waals surface area contributed by atoms with Gasteiger partial charge in [0.2, 0.25) is 21.8 Å². The van der Waals surface area contributed by atoms with E-state index in [2.05, 4.69) is 0 Å². The summed E-state index contributed by atoms with van der Waals surface area (Å²) in [5, 5.41) is 0. The number of rotatable bonds is 4. The van der Waals surface area contributed by atoms with Crippen molar-refractivity contribution >= 4 is 33.2 Å². The topological polar surface area (TPSA) is 78.0 Å². The van der Waals surface area contributed by atoms with Crippen molar-refractivity contribution in [3.63, 3.8) is 0 Å². The Morgan fingerprint density at radius 3 is 2.42 bits per heavy atom. The van der Waals surface area contributed by atoms with Crippen LogP contribution >= 0.6 is 0 Å². The van der Waals surface area contributed by atoms with Crippen LogP contribution in [-0.2, 0) is 26.0 Å². The standard InChI is InChI=1S/C25H29N3O4S/c1-18-6-8-21(9-7-18)28-17-20(16-24(28)29)25(30)27-14-4-5-19-15-22(10-11-23(19)27)33(31,32)26-12-2-3-13-26/h6-11,15,20H,2-5,12-14,16-17H2,1H3/t20-/m0/s1. The predicted octanol–water partition coefficient (Wildman–Crippen LogP) is 3.11. The van der Waals surface area contributed by atoms with Crippen molar-refractivity contribution in [2.45, 2.75) is 43.9 Å². The molecule has 3 heterocycles. The number of hydrogen-bond donors (Lipinski definition) is 0. The summed E-state index contributed by atoms with van der Waals surface area (Å²) >= 11 is 0. The Morgan fingerprint density at radius 2 is 1.70 bits per heavy atom. The van der Waals surface area contributed by atoms with E-state index in [9.17, 15) is 18.0 Å². The molecule has 0 aromatic heterocycles. The maximum atomic E-state index is 13.5. The Hall–Kier alpha value is -2.71. The largest absolute Gasteiger partial charge is 0.312 e. The van der Waals surface area contributed by atoms with Crippen LogP contribution in [0.4, 0.5) is 11.4 Å². The maximum absolute atomic E-state index is 13.5. The molecular formula is C25H29N3O4S. The van der Waals surface area contributed by atoms with Gasteiger partial charge in [0.1, 0.15) is 0 Å². The Kier molecular flexibility index (Phi) is 5.74. The van der Waals surface area contributed by atoms with Crippen molar-refractivity contribution in [2.75, 3.05) is 36.0 Å². The number of aryl methyl sites for hydroxylation is 2. The van der Waals surface area contributed by atoms with Crippen molar-refractivity contribution < 1.29 is 18.0 Å². The van der Waals surface area contributed by atoms with E-state index >= 15 is 0 Å². The minimum absolute atomic E-state index is 0.0403. The minimum Gasteiger partial charge on any atom is -0.312 e. The molecule has 2 amide bonds. The molecule has 0 aliphatic carbocycles. The maximum Gasteiger partial charge on any atom is 0.243 e. The van der Waals surface area contributed by atoms with Crippen LogP contribution in [0.3, 0.4) is 0 Å². The van der Waals surface area contributed by atoms with Gasteiger partial charge in [0, 0.05) is 44.0 Å². The van der Waals surface area contributed by atoms with Crippen molar-refractivity contribution in [3.05, 3.63) is 53.6 Å². The normalized spacial score (nSPS) is 21.5. The molecule has 2 saturated heterocycles. The van der Waals surface area contributed by atoms with E-state index in [0.29, 0.717) is 31.1 Å². The first-order valence-corrected chi connectivity index (χ1v) is 13.1. The van der Waals surface area contributed by atoms with Crippen LogP contribution in [0.5, 0.6) is 0 Å². The molecule has 33 heavy (non-hydrogen) atoms. The van der Waals surface area contributed by atoms with Crippen LogP contribution in [0.15, 0.2) is 47.4 Å². The number of benzene rings is 2. The molecule has 0 N–H and O–H groups in total. The van der Waals surface area contributed by atoms with Crippen LogP contribution < -0.4 is 9.80 Å². The summed E-state index contributed by atoms with van der Waals surface area (Å²) in [5.74, 6) is -0.506. The number of hydrogen-bond acceptors (Lipinski definition) is 4. The van der Waals surface area contributed by atoms with E-state index < -0.39 is 15.9 Å². The zero-order valence-corrected chi connectivity index (χ0v) is 19.7. The summed E-state index contributed by atoms with van der Waals surface area (Å²) in [6.07, 6.45) is 3.49. The highest BCUT2D eigenvalue weighted by Gasteiger charge is 2.39. The fraction of sp³-hybridized carbons (Fsp3) is 0.440. The zero-order valence-electron chi connectivity index (χ0n) is 18.9. The fourth-order valence-electron chi connectivity index (χ4n) is 5.11. The third-order valence-corrected chi connectivity index (χ3v) is 8.85. The predicted molar refractivity (Wildman–Crippen MR) is 127 cm³/mol. The highest BCUT2D eigenvalue weighted by Crippen LogP contribution is 2.34. The Morgan fingerprint density at radius 1 is 0.970 bits per heavy atom. The smallest absolute Gasteiger partial charge is 0.243 e. The second-order valence-corrected chi connectivity index (χ2v) is 11.2. The summed E-state index contributed by atoms with van der Waals surface area (Å²) in [6.45, 7) is 4.08. The average Bonchev–Trinajstić information content (AvgIpc) is 3.49. The molecular weight excluding hydrogens is 438 g/mol. The van der Waals surface area contributed by atoms with E-state index in [-0.39, 0.29) is 18.2 Å². The molecule has 7 nitrogen and oxygen atoms in total. The van der Waals surface area contributed by atoms with Gasteiger partial charge in [0.05, 0.1) is 10.8 Å². The Balaban J connectivity index is 1.36. The van der Waals surface area contributed by atoms with Gasteiger partial charge in [-0.1, -0.05) is 17.7 Å². The van der Waals surface area contributed by atoms with E-state index in [1.807, 2.05) is 31.2 Å². The summed E-state index contributed by atoms with van der Waals surface area (Å²) < 4.78 is 27.5. The lowest BCUT2D eigenvalue weighted by Gasteiger charge is -2.32. The Bertz CT molecular complexity index is 1190. The quantitative estimate of drug-likeness (QED) is 0.692. The van der Waals surface area contributed by atoms with Gasteiger partial charge in [0.15, 0.2) is 0 Å². The summed E-state index contributed by atoms with van der Waals surface area (Å²) in [5.41, 5.74) is 3.59. The van der Waals surface area contributed by atoms with Gasteiger partial charge < -0.3 is 9.80 Å². The molecule has 2 fully saturated rings. The highest BCUT2D eigenvalue weighted by molar-refractivity contribution is 7.89. The lowest BCUT2D eigenvalue weighted by Crippen LogP contribution is -2.40. The first kappa shape index (κ1) is 22.1. The van der Waals surface area contributed by atoms with Crippen LogP contribution in [0.25, 0.3) is 0 Å². The van der Waals surface area contributed by atoms with Crippen LogP contribution in [0.1, 0.15) is 36.8 Å². The second-order valence-electron chi connectivity index (χ2n) is 9.24. The number of carbonyl (C=O) groups is 2. The molecule has 3 aliphatic rings. The molecule has 0 spiro atoms. The van der Waals surface area contributed by atoms with E-state index in [1.54, 1.807) is 32.3 Å². The van der Waals surface area contributed by atoms with E-state index in [0.717, 1.165) is 48.2 Å². The van der Waals surface area contributed by atoms with Gasteiger partial charge >= 0.3 is 0 Å². The third kappa shape index (κ3) is 4.06. The van der Waals surface area contributed by atoms with Crippen molar-refractivity contribution in [2.24, 2.45) is 5.92 Å². The van der Waals surface area contributed by atoms with Crippen molar-refractivity contribution in [1.82, 2.24) is 4.31 Å². The average molecular weight is 468 g/mol. The third-order valence-electron chi connectivity index (χ3n) is 6.96. The molecule has 3 aliphatic heterocycles. The Labute approximate surface area is 195 Å². The van der Waals surface area contributed by atoms with Gasteiger partial charge in [-0.15, -0.1) is 0 Å². The summed E-state index contributed by atoms with van der Waals surface area (Å²) in [6, 6.07) is 12.9. The van der Waals surface area contributed by atoms with Crippen LogP contribution in [0.2, 0.25) is 0 Å². The highest BCUT2D eigenvalue weighted by atomic mass is 32.2. The van der Waals surface area contributed by atoms with E-state index in [4.69, 9.17) is 0 Å². The van der Waals surface area contributed by atoms with Gasteiger partial charge in [-0.05, 0) is 68.5 Å². The zero-order chi connectivity index (χ0) is 23.2. The monoisotopic (exact) mass is 467 g/mol. The lowest BCUT2D eigenvalue weighted by atomic mass is 9.99. The number of fused-ring (bicyclic) bond motifs is 1. The van der Waals surface area contributed by atoms with E-state index in [1.165, 1.54) is 0 Å². The number of anilines is 2. The molecule has 8 heteroatoms. The molecule has 0 radical (unpaired) electrons. The van der Waals surface area contributed by atoms with Gasteiger partial charge in [-0.25, -0.2) is 8.42 Å². The SMILES string of the molecule is Cc1ccc(N2C[C@@H](C(=O)N3CCCc4cc(S(=O)(=O)N5CCCC5)ccc43)CC2=O)cc1. The summed E-state index contributed by atoms with van der Waals surface area (Å²) in [7, 11) is -3.50. The second kappa shape index (κ2) is 8.57. The number of sulfonamides is 1. The first-order chi connectivity index (χ1) is 15.8. The molecule has 2 aromatic rings. The molecule has 2 aromatic carbocycles. The molecule has 5 rings (SSSR count). The molecule has 174 valence electrons. The molecule has 1 atom stereocenters. The fourth-order valence-corrected chi connectivity index (χ4v) is 6.68. The number of carbonyl (C=O) groups excluding carboxylic acids is 2. The van der Waals surface area contributed by atoms with Gasteiger partial charge in [-0.2, -0.15) is 4.31 Å².